The largest absolute Gasteiger partial charge is 0.394 e. The van der Waals surface area contributed by atoms with E-state index in [-0.39, 0.29) is 32.2 Å². The molecule has 1 aliphatic carbocycles. The van der Waals surface area contributed by atoms with Gasteiger partial charge in [0.05, 0.1) is 43.2 Å². The average Bonchev–Trinajstić information content (AvgIpc) is 2.91. The Morgan fingerprint density at radius 2 is 1.66 bits per heavy atom. The fraction of sp³-hybridized carbons (Fsp3) is 0.960. The zero-order chi connectivity index (χ0) is 30.3. The average molecular weight is 595 g/mol. The van der Waals surface area contributed by atoms with E-state index in [1.54, 1.807) is 0 Å². The van der Waals surface area contributed by atoms with Gasteiger partial charge in [-0.05, 0) is 45.3 Å². The molecule has 0 aromatic carbocycles. The lowest BCUT2D eigenvalue weighted by molar-refractivity contribution is -0.302. The summed E-state index contributed by atoms with van der Waals surface area (Å²) >= 11 is 0. The van der Waals surface area contributed by atoms with Gasteiger partial charge in [0.2, 0.25) is 5.91 Å². The van der Waals surface area contributed by atoms with Crippen molar-refractivity contribution in [2.75, 3.05) is 32.8 Å². The molecule has 16 N–H and O–H groups in total. The highest BCUT2D eigenvalue weighted by Gasteiger charge is 2.53. The van der Waals surface area contributed by atoms with Gasteiger partial charge < -0.3 is 78.4 Å². The SMILES string of the molecule is NCCCNCC1OC(C2C(N)CC(NC(=O)C(O)CCN)C(OC3OC(CO)C(O)CC3O)C2O)C(N)CC1O. The maximum absolute atomic E-state index is 12.7. The summed E-state index contributed by atoms with van der Waals surface area (Å²) in [6, 6.07) is -2.35. The van der Waals surface area contributed by atoms with Gasteiger partial charge in [0, 0.05) is 31.0 Å². The van der Waals surface area contributed by atoms with Crippen molar-refractivity contribution < 1.29 is 49.6 Å². The Morgan fingerprint density at radius 3 is 2.32 bits per heavy atom. The van der Waals surface area contributed by atoms with E-state index in [4.69, 9.17) is 37.1 Å². The minimum Gasteiger partial charge on any atom is -0.394 e. The Morgan fingerprint density at radius 1 is 0.951 bits per heavy atom. The van der Waals surface area contributed by atoms with Crippen LogP contribution in [0.1, 0.15) is 32.1 Å². The molecule has 0 aromatic rings. The van der Waals surface area contributed by atoms with Gasteiger partial charge in [-0.15, -0.1) is 0 Å². The van der Waals surface area contributed by atoms with E-state index in [2.05, 4.69) is 10.6 Å². The lowest BCUT2D eigenvalue weighted by atomic mass is 9.72. The Labute approximate surface area is 239 Å². The number of nitrogens with one attached hydrogen (secondary N) is 2. The number of amides is 1. The molecular formula is C25H50N6O10. The topological polar surface area (TPSA) is 294 Å². The zero-order valence-electron chi connectivity index (χ0n) is 23.3. The molecule has 0 aromatic heterocycles. The predicted octanol–water partition coefficient (Wildman–Crippen LogP) is -6.11. The van der Waals surface area contributed by atoms with Crippen LogP contribution in [0.25, 0.3) is 0 Å². The molecule has 2 saturated heterocycles. The molecule has 3 fully saturated rings. The van der Waals surface area contributed by atoms with Gasteiger partial charge >= 0.3 is 0 Å². The van der Waals surface area contributed by atoms with Gasteiger partial charge in [-0.3, -0.25) is 4.79 Å². The van der Waals surface area contributed by atoms with Crippen LogP contribution in [0.15, 0.2) is 0 Å². The van der Waals surface area contributed by atoms with E-state index < -0.39 is 97.8 Å². The molecule has 0 bridgehead atoms. The van der Waals surface area contributed by atoms with Crippen LogP contribution in [-0.2, 0) is 19.0 Å². The quantitative estimate of drug-likeness (QED) is 0.0883. The summed E-state index contributed by atoms with van der Waals surface area (Å²) in [6.45, 7) is 1.01. The van der Waals surface area contributed by atoms with E-state index in [0.717, 1.165) is 6.42 Å². The van der Waals surface area contributed by atoms with Crippen molar-refractivity contribution in [1.29, 1.82) is 0 Å². The Kier molecular flexibility index (Phi) is 13.5. The third-order valence-corrected chi connectivity index (χ3v) is 8.20. The first-order valence-corrected chi connectivity index (χ1v) is 14.4. The van der Waals surface area contributed by atoms with Crippen LogP contribution >= 0.6 is 0 Å². The smallest absolute Gasteiger partial charge is 0.249 e. The molecule has 3 aliphatic rings. The molecule has 0 radical (unpaired) electrons. The number of aliphatic hydroxyl groups is 6. The van der Waals surface area contributed by atoms with Crippen LogP contribution in [0.2, 0.25) is 0 Å². The van der Waals surface area contributed by atoms with E-state index in [0.29, 0.717) is 19.6 Å². The van der Waals surface area contributed by atoms with Crippen molar-refractivity contribution in [2.24, 2.45) is 28.9 Å². The minimum absolute atomic E-state index is 0.00955. The van der Waals surface area contributed by atoms with Crippen LogP contribution in [0, 0.1) is 5.92 Å². The summed E-state index contributed by atoms with van der Waals surface area (Å²) in [5.41, 5.74) is 23.9. The molecule has 14 atom stereocenters. The summed E-state index contributed by atoms with van der Waals surface area (Å²) in [5, 5.41) is 68.5. The summed E-state index contributed by atoms with van der Waals surface area (Å²) < 4.78 is 17.8. The van der Waals surface area contributed by atoms with E-state index in [9.17, 15) is 35.4 Å². The van der Waals surface area contributed by atoms with Crippen molar-refractivity contribution in [3.8, 4) is 0 Å². The Balaban J connectivity index is 1.82. The van der Waals surface area contributed by atoms with Crippen molar-refractivity contribution in [1.82, 2.24) is 10.6 Å². The number of hydrogen-bond donors (Lipinski definition) is 12. The third kappa shape index (κ3) is 8.73. The maximum Gasteiger partial charge on any atom is 0.249 e. The first-order chi connectivity index (χ1) is 19.5. The summed E-state index contributed by atoms with van der Waals surface area (Å²) in [6.07, 6.45) is -10.2. The number of ether oxygens (including phenoxy) is 3. The molecule has 16 nitrogen and oxygen atoms in total. The molecule has 2 aliphatic heterocycles. The second-order valence-corrected chi connectivity index (χ2v) is 11.3. The molecule has 240 valence electrons. The third-order valence-electron chi connectivity index (χ3n) is 8.20. The molecule has 1 saturated carbocycles. The Bertz CT molecular complexity index is 804. The Hall–Kier alpha value is -1.09. The fourth-order valence-corrected chi connectivity index (χ4v) is 5.91. The molecule has 3 rings (SSSR count). The highest BCUT2D eigenvalue weighted by molar-refractivity contribution is 5.80. The standard InChI is InChI=1S/C25H50N6O10/c26-3-1-5-30-9-18-15(34)7-12(29)22(39-18)20-11(28)6-13(31-24(38)14(33)2-4-27)23(21(20)37)41-25-17(36)8-16(35)19(10-32)40-25/h11-23,25,30,32-37H,1-10,26-29H2,(H,31,38). The summed E-state index contributed by atoms with van der Waals surface area (Å²) in [4.78, 5) is 12.7. The molecule has 0 spiro atoms. The van der Waals surface area contributed by atoms with E-state index in [1.165, 1.54) is 0 Å². The molecule has 14 unspecified atom stereocenters. The highest BCUT2D eigenvalue weighted by atomic mass is 16.7. The monoisotopic (exact) mass is 594 g/mol. The van der Waals surface area contributed by atoms with Gasteiger partial charge in [0.25, 0.3) is 0 Å². The molecule has 16 heteroatoms. The summed E-state index contributed by atoms with van der Waals surface area (Å²) in [5.74, 6) is -1.55. The van der Waals surface area contributed by atoms with Gasteiger partial charge in [-0.25, -0.2) is 0 Å². The predicted molar refractivity (Wildman–Crippen MR) is 145 cm³/mol. The van der Waals surface area contributed by atoms with E-state index >= 15 is 0 Å². The van der Waals surface area contributed by atoms with Crippen LogP contribution in [0.5, 0.6) is 0 Å². The lowest BCUT2D eigenvalue weighted by Gasteiger charge is -2.51. The van der Waals surface area contributed by atoms with Crippen LogP contribution in [0.3, 0.4) is 0 Å². The van der Waals surface area contributed by atoms with Crippen LogP contribution in [0.4, 0.5) is 0 Å². The molecule has 2 heterocycles. The number of rotatable bonds is 13. The first-order valence-electron chi connectivity index (χ1n) is 14.4. The number of carbonyl (C=O) groups excluding carboxylic acids is 1. The zero-order valence-corrected chi connectivity index (χ0v) is 23.3. The van der Waals surface area contributed by atoms with Crippen molar-refractivity contribution in [2.45, 2.75) is 111 Å². The number of carbonyl (C=O) groups is 1. The summed E-state index contributed by atoms with van der Waals surface area (Å²) in [7, 11) is 0. The second-order valence-electron chi connectivity index (χ2n) is 11.3. The highest BCUT2D eigenvalue weighted by Crippen LogP contribution is 2.36. The molecular weight excluding hydrogens is 544 g/mol. The van der Waals surface area contributed by atoms with Crippen molar-refractivity contribution in [3.63, 3.8) is 0 Å². The van der Waals surface area contributed by atoms with Gasteiger partial charge in [-0.2, -0.15) is 0 Å². The number of aliphatic hydroxyl groups excluding tert-OH is 6. The van der Waals surface area contributed by atoms with E-state index in [1.807, 2.05) is 0 Å². The van der Waals surface area contributed by atoms with Gasteiger partial charge in [0.15, 0.2) is 6.29 Å². The number of hydrogen-bond acceptors (Lipinski definition) is 15. The normalized spacial score (nSPS) is 42.5. The minimum atomic E-state index is -1.40. The van der Waals surface area contributed by atoms with Crippen molar-refractivity contribution in [3.05, 3.63) is 0 Å². The molecule has 41 heavy (non-hydrogen) atoms. The maximum atomic E-state index is 12.7. The molecule has 1 amide bonds. The fourth-order valence-electron chi connectivity index (χ4n) is 5.91. The lowest BCUT2D eigenvalue weighted by Crippen LogP contribution is -2.69. The number of nitrogens with two attached hydrogens (primary N) is 4. The van der Waals surface area contributed by atoms with Crippen molar-refractivity contribution >= 4 is 5.91 Å². The first kappa shape index (κ1) is 34.4. The van der Waals surface area contributed by atoms with Gasteiger partial charge in [-0.1, -0.05) is 0 Å². The van der Waals surface area contributed by atoms with Crippen LogP contribution in [-0.4, -0.2) is 149 Å². The van der Waals surface area contributed by atoms with Gasteiger partial charge in [0.1, 0.15) is 24.4 Å². The second kappa shape index (κ2) is 16.1. The van der Waals surface area contributed by atoms with Crippen LogP contribution < -0.4 is 33.6 Å².